The van der Waals surface area contributed by atoms with Crippen molar-refractivity contribution in [3.63, 3.8) is 0 Å². The van der Waals surface area contributed by atoms with Crippen LogP contribution < -0.4 is 0 Å². The predicted molar refractivity (Wildman–Crippen MR) is 101 cm³/mol. The van der Waals surface area contributed by atoms with Crippen molar-refractivity contribution in [1.29, 1.82) is 0 Å². The molecule has 0 unspecified atom stereocenters. The molecule has 0 aliphatic heterocycles. The first-order chi connectivity index (χ1) is 12.4. The largest absolute Gasteiger partial charge is 0.465 e. The van der Waals surface area contributed by atoms with E-state index in [1.807, 2.05) is 6.07 Å². The van der Waals surface area contributed by atoms with Gasteiger partial charge in [0.15, 0.2) is 5.78 Å². The highest BCUT2D eigenvalue weighted by Gasteiger charge is 2.50. The number of rotatable bonds is 4. The fraction of sp³-hybridized carbons (Fsp3) is 0.636. The molecule has 142 valence electrons. The molecule has 4 heteroatoms. The number of carbonyl (C=O) groups excluding carboxylic acids is 2. The van der Waals surface area contributed by atoms with Crippen LogP contribution in [0.25, 0.3) is 0 Å². The Morgan fingerprint density at radius 2 is 2.08 bits per heavy atom. The minimum Gasteiger partial charge on any atom is -0.465 e. The van der Waals surface area contributed by atoms with Crippen molar-refractivity contribution in [3.05, 3.63) is 34.9 Å². The van der Waals surface area contributed by atoms with E-state index in [1.54, 1.807) is 12.1 Å². The summed E-state index contributed by atoms with van der Waals surface area (Å²) in [7, 11) is 1.36. The van der Waals surface area contributed by atoms with Gasteiger partial charge in [0, 0.05) is 12.0 Å². The highest BCUT2D eigenvalue weighted by molar-refractivity contribution is 6.01. The Bertz CT molecular complexity index is 710. The number of aliphatic hydroxyl groups is 1. The number of carbonyl (C=O) groups is 2. The first-order valence-electron chi connectivity index (χ1n) is 9.87. The summed E-state index contributed by atoms with van der Waals surface area (Å²) in [6.07, 6.45) is 6.46. The third kappa shape index (κ3) is 3.09. The van der Waals surface area contributed by atoms with Gasteiger partial charge in [0.2, 0.25) is 0 Å². The summed E-state index contributed by atoms with van der Waals surface area (Å²) < 4.78 is 4.82. The highest BCUT2D eigenvalue weighted by atomic mass is 16.5. The standard InChI is InChI=1S/C22H30O4/c1-4-10-21(25)11-12-22(5-2)16(14-21)7-9-19(23)17-13-15(20(24)26-3)6-8-18(17)22/h6,8,13,16,25H,4-5,7,9-12,14H2,1-3H3/t16-,21+,22+/m1/s1. The van der Waals surface area contributed by atoms with Crippen molar-refractivity contribution in [2.75, 3.05) is 7.11 Å². The summed E-state index contributed by atoms with van der Waals surface area (Å²) in [5.74, 6) is -0.00750. The Hall–Kier alpha value is -1.68. The van der Waals surface area contributed by atoms with Gasteiger partial charge in [-0.05, 0) is 67.6 Å². The van der Waals surface area contributed by atoms with Crippen molar-refractivity contribution in [2.24, 2.45) is 5.92 Å². The van der Waals surface area contributed by atoms with Crippen molar-refractivity contribution >= 4 is 11.8 Å². The molecular formula is C22H30O4. The average Bonchev–Trinajstić information content (AvgIpc) is 2.76. The van der Waals surface area contributed by atoms with Gasteiger partial charge >= 0.3 is 5.97 Å². The second-order valence-corrected chi connectivity index (χ2v) is 8.10. The topological polar surface area (TPSA) is 63.6 Å². The molecule has 1 aromatic carbocycles. The quantitative estimate of drug-likeness (QED) is 0.809. The summed E-state index contributed by atoms with van der Waals surface area (Å²) >= 11 is 0. The zero-order valence-corrected chi connectivity index (χ0v) is 16.1. The monoisotopic (exact) mass is 358 g/mol. The molecule has 1 fully saturated rings. The first kappa shape index (κ1) is 19.1. The van der Waals surface area contributed by atoms with Gasteiger partial charge in [-0.2, -0.15) is 0 Å². The van der Waals surface area contributed by atoms with Gasteiger partial charge in [-0.15, -0.1) is 0 Å². The molecule has 2 aliphatic carbocycles. The van der Waals surface area contributed by atoms with Gasteiger partial charge in [0.05, 0.1) is 18.3 Å². The van der Waals surface area contributed by atoms with Crippen LogP contribution >= 0.6 is 0 Å². The Morgan fingerprint density at radius 1 is 1.31 bits per heavy atom. The van der Waals surface area contributed by atoms with Crippen LogP contribution in [0, 0.1) is 5.92 Å². The molecule has 26 heavy (non-hydrogen) atoms. The molecule has 2 aliphatic rings. The van der Waals surface area contributed by atoms with Crippen LogP contribution in [-0.4, -0.2) is 29.6 Å². The lowest BCUT2D eigenvalue weighted by Gasteiger charge is -2.50. The number of hydrogen-bond donors (Lipinski definition) is 1. The zero-order valence-electron chi connectivity index (χ0n) is 16.1. The summed E-state index contributed by atoms with van der Waals surface area (Å²) in [6.45, 7) is 4.30. The number of ether oxygens (including phenoxy) is 1. The molecule has 1 saturated carbocycles. The fourth-order valence-electron chi connectivity index (χ4n) is 5.39. The van der Waals surface area contributed by atoms with E-state index in [-0.39, 0.29) is 11.2 Å². The molecule has 3 rings (SSSR count). The number of methoxy groups -OCH3 is 1. The van der Waals surface area contributed by atoms with Crippen molar-refractivity contribution in [2.45, 2.75) is 76.2 Å². The van der Waals surface area contributed by atoms with Crippen LogP contribution in [0.3, 0.4) is 0 Å². The van der Waals surface area contributed by atoms with Gasteiger partial charge in [-0.1, -0.05) is 26.3 Å². The molecule has 1 N–H and O–H groups in total. The van der Waals surface area contributed by atoms with Crippen LogP contribution in [0.1, 0.15) is 91.5 Å². The maximum atomic E-state index is 12.8. The molecule has 0 aromatic heterocycles. The Balaban J connectivity index is 2.07. The van der Waals surface area contributed by atoms with Gasteiger partial charge in [-0.25, -0.2) is 4.79 Å². The minimum atomic E-state index is -0.600. The van der Waals surface area contributed by atoms with Crippen molar-refractivity contribution in [1.82, 2.24) is 0 Å². The molecule has 0 radical (unpaired) electrons. The van der Waals surface area contributed by atoms with E-state index in [0.717, 1.165) is 50.5 Å². The SMILES string of the molecule is CCC[C@]1(O)CC[C@]2(CC)c3ccc(C(=O)OC)cc3C(=O)CC[C@@H]2C1. The molecule has 0 amide bonds. The van der Waals surface area contributed by atoms with Crippen molar-refractivity contribution < 1.29 is 19.4 Å². The van der Waals surface area contributed by atoms with E-state index >= 15 is 0 Å². The molecule has 0 saturated heterocycles. The molecular weight excluding hydrogens is 328 g/mol. The van der Waals surface area contributed by atoms with E-state index in [1.165, 1.54) is 7.11 Å². The van der Waals surface area contributed by atoms with Crippen molar-refractivity contribution in [3.8, 4) is 0 Å². The lowest BCUT2D eigenvalue weighted by molar-refractivity contribution is -0.0541. The summed E-state index contributed by atoms with van der Waals surface area (Å²) in [5.41, 5.74) is 1.49. The molecule has 0 spiro atoms. The zero-order chi connectivity index (χ0) is 18.9. The molecule has 3 atom stereocenters. The average molecular weight is 358 g/mol. The van der Waals surface area contributed by atoms with Gasteiger partial charge in [-0.3, -0.25) is 4.79 Å². The number of fused-ring (bicyclic) bond motifs is 3. The third-order valence-corrected chi connectivity index (χ3v) is 6.79. The Labute approximate surface area is 155 Å². The highest BCUT2D eigenvalue weighted by Crippen LogP contribution is 2.54. The maximum absolute atomic E-state index is 12.8. The normalized spacial score (nSPS) is 30.9. The van der Waals surface area contributed by atoms with E-state index < -0.39 is 11.6 Å². The predicted octanol–water partition coefficient (Wildman–Crippen LogP) is 4.43. The second-order valence-electron chi connectivity index (χ2n) is 8.10. The van der Waals surface area contributed by atoms with E-state index in [9.17, 15) is 14.7 Å². The number of hydrogen-bond acceptors (Lipinski definition) is 4. The van der Waals surface area contributed by atoms with Crippen LogP contribution in [0.5, 0.6) is 0 Å². The van der Waals surface area contributed by atoms with E-state index in [0.29, 0.717) is 23.5 Å². The third-order valence-electron chi connectivity index (χ3n) is 6.79. The number of ketones is 1. The smallest absolute Gasteiger partial charge is 0.337 e. The lowest BCUT2D eigenvalue weighted by Crippen LogP contribution is -2.47. The number of benzene rings is 1. The number of esters is 1. The van der Waals surface area contributed by atoms with Crippen LogP contribution in [0.15, 0.2) is 18.2 Å². The summed E-state index contributed by atoms with van der Waals surface area (Å²) in [6, 6.07) is 5.46. The van der Waals surface area contributed by atoms with Crippen LogP contribution in [-0.2, 0) is 10.2 Å². The lowest BCUT2D eigenvalue weighted by atomic mass is 9.56. The van der Waals surface area contributed by atoms with Crippen LogP contribution in [0.2, 0.25) is 0 Å². The van der Waals surface area contributed by atoms with E-state index in [2.05, 4.69) is 13.8 Å². The van der Waals surface area contributed by atoms with E-state index in [4.69, 9.17) is 4.74 Å². The minimum absolute atomic E-state index is 0.0872. The summed E-state index contributed by atoms with van der Waals surface area (Å²) in [4.78, 5) is 24.8. The molecule has 0 heterocycles. The van der Waals surface area contributed by atoms with Gasteiger partial charge in [0.1, 0.15) is 0 Å². The van der Waals surface area contributed by atoms with Gasteiger partial charge in [0.25, 0.3) is 0 Å². The molecule has 1 aromatic rings. The number of Topliss-reactive ketones (excluding diaryl/α,β-unsaturated/α-hetero) is 1. The second kappa shape index (κ2) is 7.15. The fourth-order valence-corrected chi connectivity index (χ4v) is 5.39. The molecule has 4 nitrogen and oxygen atoms in total. The van der Waals surface area contributed by atoms with Gasteiger partial charge < -0.3 is 9.84 Å². The Morgan fingerprint density at radius 3 is 2.73 bits per heavy atom. The first-order valence-corrected chi connectivity index (χ1v) is 9.87. The maximum Gasteiger partial charge on any atom is 0.337 e. The Kier molecular flexibility index (Phi) is 5.25. The summed E-state index contributed by atoms with van der Waals surface area (Å²) in [5, 5.41) is 11.0. The molecule has 0 bridgehead atoms. The van der Waals surface area contributed by atoms with Crippen LogP contribution in [0.4, 0.5) is 0 Å².